The van der Waals surface area contributed by atoms with E-state index in [-0.39, 0.29) is 6.03 Å². The fourth-order valence-electron chi connectivity index (χ4n) is 1.78. The molecule has 0 fully saturated rings. The molecule has 0 aliphatic rings. The number of carbonyl (C=O) groups is 1. The van der Waals surface area contributed by atoms with Crippen molar-refractivity contribution in [1.82, 2.24) is 0 Å². The molecule has 2 rings (SSSR count). The molecule has 22 heavy (non-hydrogen) atoms. The monoisotopic (exact) mass is 295 g/mol. The number of anilines is 2. The summed E-state index contributed by atoms with van der Waals surface area (Å²) in [5.41, 5.74) is 1.85. The van der Waals surface area contributed by atoms with Crippen LogP contribution in [0.5, 0.6) is 5.75 Å². The van der Waals surface area contributed by atoms with Crippen LogP contribution in [0.3, 0.4) is 0 Å². The molecule has 0 heterocycles. The summed E-state index contributed by atoms with van der Waals surface area (Å²) in [4.78, 5) is 11.9. The van der Waals surface area contributed by atoms with Gasteiger partial charge in [0.25, 0.3) is 0 Å². The molecular formula is C17H17N3O2. The Hall–Kier alpha value is -3.00. The van der Waals surface area contributed by atoms with Gasteiger partial charge < -0.3 is 15.4 Å². The lowest BCUT2D eigenvalue weighted by molar-refractivity contribution is 0.262. The average molecular weight is 295 g/mol. The Balaban J connectivity index is 1.89. The van der Waals surface area contributed by atoms with Crippen LogP contribution < -0.4 is 15.4 Å². The van der Waals surface area contributed by atoms with Gasteiger partial charge in [0, 0.05) is 11.4 Å². The zero-order valence-corrected chi connectivity index (χ0v) is 12.3. The van der Waals surface area contributed by atoms with Crippen molar-refractivity contribution < 1.29 is 9.53 Å². The molecule has 0 bridgehead atoms. The van der Waals surface area contributed by atoms with Crippen molar-refractivity contribution >= 4 is 17.4 Å². The number of ether oxygens (including phenoxy) is 1. The van der Waals surface area contributed by atoms with E-state index in [0.29, 0.717) is 23.5 Å². The minimum atomic E-state index is -0.341. The van der Waals surface area contributed by atoms with Gasteiger partial charge in [-0.3, -0.25) is 0 Å². The summed E-state index contributed by atoms with van der Waals surface area (Å²) < 4.78 is 5.48. The number of benzene rings is 2. The molecule has 2 aromatic rings. The summed E-state index contributed by atoms with van der Waals surface area (Å²) in [6, 6.07) is 15.5. The highest BCUT2D eigenvalue weighted by atomic mass is 16.5. The van der Waals surface area contributed by atoms with Gasteiger partial charge in [-0.25, -0.2) is 4.79 Å². The molecular weight excluding hydrogens is 278 g/mol. The van der Waals surface area contributed by atoms with Crippen molar-refractivity contribution in [3.63, 3.8) is 0 Å². The number of nitriles is 1. The minimum absolute atomic E-state index is 0.341. The third-order valence-electron chi connectivity index (χ3n) is 2.86. The van der Waals surface area contributed by atoms with Crippen molar-refractivity contribution in [2.75, 3.05) is 17.2 Å². The van der Waals surface area contributed by atoms with Crippen LogP contribution in [0.1, 0.15) is 18.9 Å². The summed E-state index contributed by atoms with van der Waals surface area (Å²) in [6.45, 7) is 2.72. The number of nitrogens with one attached hydrogen (secondary N) is 2. The predicted octanol–water partition coefficient (Wildman–Crippen LogP) is 3.99. The summed E-state index contributed by atoms with van der Waals surface area (Å²) in [7, 11) is 0. The number of hydrogen-bond donors (Lipinski definition) is 2. The summed E-state index contributed by atoms with van der Waals surface area (Å²) >= 11 is 0. The summed E-state index contributed by atoms with van der Waals surface area (Å²) in [6.07, 6.45) is 0.951. The number of nitrogens with zero attached hydrogens (tertiary/aromatic N) is 1. The SMILES string of the molecule is CCCOc1ccc(NC(=O)Nc2ccc(C#N)cc2)cc1. The normalized spacial score (nSPS) is 9.64. The fraction of sp³-hybridized carbons (Fsp3) is 0.176. The Bertz CT molecular complexity index is 658. The smallest absolute Gasteiger partial charge is 0.323 e. The van der Waals surface area contributed by atoms with E-state index in [2.05, 4.69) is 10.6 Å². The lowest BCUT2D eigenvalue weighted by Crippen LogP contribution is -2.19. The molecule has 0 saturated carbocycles. The van der Waals surface area contributed by atoms with Crippen LogP contribution in [0.4, 0.5) is 16.2 Å². The Morgan fingerprint density at radius 1 is 1.05 bits per heavy atom. The largest absolute Gasteiger partial charge is 0.494 e. The van der Waals surface area contributed by atoms with Gasteiger partial charge in [0.15, 0.2) is 0 Å². The molecule has 0 radical (unpaired) electrons. The van der Waals surface area contributed by atoms with Gasteiger partial charge in [-0.2, -0.15) is 5.26 Å². The molecule has 0 saturated heterocycles. The molecule has 112 valence electrons. The van der Waals surface area contributed by atoms with Crippen molar-refractivity contribution in [2.24, 2.45) is 0 Å². The van der Waals surface area contributed by atoms with Crippen LogP contribution in [-0.4, -0.2) is 12.6 Å². The second-order valence-corrected chi connectivity index (χ2v) is 4.64. The summed E-state index contributed by atoms with van der Waals surface area (Å²) in [5.74, 6) is 0.778. The first-order valence-corrected chi connectivity index (χ1v) is 7.02. The molecule has 5 nitrogen and oxygen atoms in total. The number of urea groups is 1. The maximum Gasteiger partial charge on any atom is 0.323 e. The van der Waals surface area contributed by atoms with Crippen molar-refractivity contribution in [1.29, 1.82) is 5.26 Å². The van der Waals surface area contributed by atoms with Crippen LogP contribution in [-0.2, 0) is 0 Å². The van der Waals surface area contributed by atoms with E-state index in [1.54, 1.807) is 36.4 Å². The summed E-state index contributed by atoms with van der Waals surface area (Å²) in [5, 5.41) is 14.2. The first-order chi connectivity index (χ1) is 10.7. The fourth-order valence-corrected chi connectivity index (χ4v) is 1.78. The topological polar surface area (TPSA) is 74.2 Å². The molecule has 0 atom stereocenters. The molecule has 5 heteroatoms. The highest BCUT2D eigenvalue weighted by molar-refractivity contribution is 5.99. The molecule has 0 unspecified atom stereocenters. The van der Waals surface area contributed by atoms with E-state index in [4.69, 9.17) is 10.00 Å². The molecule has 0 aliphatic heterocycles. The highest BCUT2D eigenvalue weighted by Gasteiger charge is 2.03. The Labute approximate surface area is 129 Å². The van der Waals surface area contributed by atoms with Crippen LogP contribution in [0.15, 0.2) is 48.5 Å². The van der Waals surface area contributed by atoms with Crippen molar-refractivity contribution in [3.05, 3.63) is 54.1 Å². The second-order valence-electron chi connectivity index (χ2n) is 4.64. The Kier molecular flexibility index (Phi) is 5.38. The van der Waals surface area contributed by atoms with E-state index in [0.717, 1.165) is 12.2 Å². The third-order valence-corrected chi connectivity index (χ3v) is 2.86. The van der Waals surface area contributed by atoms with E-state index in [1.807, 2.05) is 25.1 Å². The quantitative estimate of drug-likeness (QED) is 0.875. The molecule has 2 aromatic carbocycles. The molecule has 0 aliphatic carbocycles. The van der Waals surface area contributed by atoms with Crippen LogP contribution in [0, 0.1) is 11.3 Å². The average Bonchev–Trinajstić information content (AvgIpc) is 2.55. The van der Waals surface area contributed by atoms with E-state index < -0.39 is 0 Å². The van der Waals surface area contributed by atoms with E-state index >= 15 is 0 Å². The van der Waals surface area contributed by atoms with Gasteiger partial charge in [0.1, 0.15) is 5.75 Å². The molecule has 0 aromatic heterocycles. The van der Waals surface area contributed by atoms with Gasteiger partial charge in [-0.1, -0.05) is 6.92 Å². The Morgan fingerprint density at radius 2 is 1.59 bits per heavy atom. The van der Waals surface area contributed by atoms with Crippen molar-refractivity contribution in [2.45, 2.75) is 13.3 Å². The van der Waals surface area contributed by atoms with Crippen LogP contribution in [0.2, 0.25) is 0 Å². The first kappa shape index (κ1) is 15.4. The van der Waals surface area contributed by atoms with Gasteiger partial charge in [0.2, 0.25) is 0 Å². The highest BCUT2D eigenvalue weighted by Crippen LogP contribution is 2.16. The van der Waals surface area contributed by atoms with Gasteiger partial charge >= 0.3 is 6.03 Å². The standard InChI is InChI=1S/C17H17N3O2/c1-2-11-22-16-9-7-15(8-10-16)20-17(21)19-14-5-3-13(12-18)4-6-14/h3-10H,2,11H2,1H3,(H2,19,20,21). The number of rotatable bonds is 5. The number of carbonyl (C=O) groups excluding carboxylic acids is 1. The molecule has 2 amide bonds. The van der Waals surface area contributed by atoms with Gasteiger partial charge in [0.05, 0.1) is 18.2 Å². The lowest BCUT2D eigenvalue weighted by Gasteiger charge is -2.09. The maximum atomic E-state index is 11.9. The minimum Gasteiger partial charge on any atom is -0.494 e. The van der Waals surface area contributed by atoms with Crippen molar-refractivity contribution in [3.8, 4) is 11.8 Å². The maximum absolute atomic E-state index is 11.9. The molecule has 0 spiro atoms. The molecule has 2 N–H and O–H groups in total. The van der Waals surface area contributed by atoms with Crippen LogP contribution >= 0.6 is 0 Å². The van der Waals surface area contributed by atoms with E-state index in [9.17, 15) is 4.79 Å². The van der Waals surface area contributed by atoms with Crippen LogP contribution in [0.25, 0.3) is 0 Å². The second kappa shape index (κ2) is 7.70. The predicted molar refractivity (Wildman–Crippen MR) is 86.0 cm³/mol. The lowest BCUT2D eigenvalue weighted by atomic mass is 10.2. The number of hydrogen-bond acceptors (Lipinski definition) is 3. The zero-order valence-electron chi connectivity index (χ0n) is 12.3. The zero-order chi connectivity index (χ0) is 15.8. The first-order valence-electron chi connectivity index (χ1n) is 7.02. The van der Waals surface area contributed by atoms with E-state index in [1.165, 1.54) is 0 Å². The van der Waals surface area contributed by atoms with Gasteiger partial charge in [-0.15, -0.1) is 0 Å². The number of amides is 2. The third kappa shape index (κ3) is 4.53. The van der Waals surface area contributed by atoms with Gasteiger partial charge in [-0.05, 0) is 55.0 Å². The Morgan fingerprint density at radius 3 is 2.09 bits per heavy atom.